The number of nitrogens with zero attached hydrogens (tertiary/aromatic N) is 2. The molecule has 1 aromatic heterocycles. The van der Waals surface area contributed by atoms with Gasteiger partial charge in [-0.1, -0.05) is 11.2 Å². The Morgan fingerprint density at radius 1 is 1.57 bits per heavy atom. The van der Waals surface area contributed by atoms with E-state index in [1.165, 1.54) is 0 Å². The average molecular weight is 295 g/mol. The molecule has 21 heavy (non-hydrogen) atoms. The maximum Gasteiger partial charge on any atom is 0.320 e. The number of hydrogen-bond donors (Lipinski definition) is 1. The number of ether oxygens (including phenoxy) is 1. The van der Waals surface area contributed by atoms with Crippen LogP contribution in [0.15, 0.2) is 23.2 Å². The molecule has 7 heteroatoms. The zero-order valence-corrected chi connectivity index (χ0v) is 12.4. The summed E-state index contributed by atoms with van der Waals surface area (Å²) in [4.78, 5) is 25.0. The number of amides is 1. The summed E-state index contributed by atoms with van der Waals surface area (Å²) >= 11 is 0. The van der Waals surface area contributed by atoms with Gasteiger partial charge in [0.05, 0.1) is 13.2 Å². The van der Waals surface area contributed by atoms with Crippen LogP contribution in [0.4, 0.5) is 5.82 Å². The van der Waals surface area contributed by atoms with Crippen molar-refractivity contribution in [2.45, 2.75) is 20.3 Å². The third kappa shape index (κ3) is 6.71. The van der Waals surface area contributed by atoms with Crippen LogP contribution < -0.4 is 5.32 Å². The summed E-state index contributed by atoms with van der Waals surface area (Å²) in [7, 11) is 0. The molecule has 0 unspecified atom stereocenters. The molecule has 1 heterocycles. The van der Waals surface area contributed by atoms with Crippen molar-refractivity contribution in [1.82, 2.24) is 10.1 Å². The Morgan fingerprint density at radius 3 is 2.90 bits per heavy atom. The normalized spacial score (nSPS) is 10.4. The maximum absolute atomic E-state index is 11.8. The van der Waals surface area contributed by atoms with E-state index in [1.807, 2.05) is 0 Å². The van der Waals surface area contributed by atoms with Crippen LogP contribution in [-0.2, 0) is 14.3 Å². The van der Waals surface area contributed by atoms with Crippen molar-refractivity contribution >= 4 is 17.7 Å². The Kier molecular flexibility index (Phi) is 7.17. The Morgan fingerprint density at radius 2 is 2.33 bits per heavy atom. The first-order valence-electron chi connectivity index (χ1n) is 6.77. The van der Waals surface area contributed by atoms with E-state index in [0.717, 1.165) is 0 Å². The Balaban J connectivity index is 2.39. The largest absolute Gasteiger partial charge is 0.465 e. The topological polar surface area (TPSA) is 84.7 Å². The van der Waals surface area contributed by atoms with Gasteiger partial charge in [0.25, 0.3) is 0 Å². The molecular formula is C14H21N3O4. The highest BCUT2D eigenvalue weighted by Gasteiger charge is 2.13. The van der Waals surface area contributed by atoms with Gasteiger partial charge in [-0.2, -0.15) is 0 Å². The highest BCUT2D eigenvalue weighted by Crippen LogP contribution is 2.07. The summed E-state index contributed by atoms with van der Waals surface area (Å²) in [5.41, 5.74) is 0. The fraction of sp³-hybridized carbons (Fsp3) is 0.500. The van der Waals surface area contributed by atoms with Crippen molar-refractivity contribution in [1.29, 1.82) is 0 Å². The van der Waals surface area contributed by atoms with Crippen molar-refractivity contribution in [2.75, 3.05) is 31.6 Å². The minimum Gasteiger partial charge on any atom is -0.465 e. The van der Waals surface area contributed by atoms with Gasteiger partial charge >= 0.3 is 5.97 Å². The summed E-state index contributed by atoms with van der Waals surface area (Å²) in [5, 5.41) is 6.31. The van der Waals surface area contributed by atoms with Crippen LogP contribution in [0.5, 0.6) is 0 Å². The molecule has 0 bridgehead atoms. The molecule has 1 aromatic rings. The van der Waals surface area contributed by atoms with Crippen molar-refractivity contribution in [3.05, 3.63) is 24.5 Å². The summed E-state index contributed by atoms with van der Waals surface area (Å²) in [6.45, 7) is 8.54. The van der Waals surface area contributed by atoms with Gasteiger partial charge in [0.15, 0.2) is 5.82 Å². The van der Waals surface area contributed by atoms with E-state index in [0.29, 0.717) is 31.3 Å². The standard InChI is InChI=1S/C14H21N3O4/c1-4-7-17(10-14(19)20-5-2)8-6-13(18)15-12-9-11(3)21-16-12/h4,9H,1,5-8,10H2,2-3H3,(H,15,16,18). The molecule has 0 aliphatic carbocycles. The van der Waals surface area contributed by atoms with Crippen molar-refractivity contribution in [3.63, 3.8) is 0 Å². The SMILES string of the molecule is C=CCN(CCC(=O)Nc1cc(C)on1)CC(=O)OCC. The van der Waals surface area contributed by atoms with Gasteiger partial charge in [-0.05, 0) is 13.8 Å². The van der Waals surface area contributed by atoms with Gasteiger partial charge < -0.3 is 14.6 Å². The number of hydrogen-bond acceptors (Lipinski definition) is 6. The van der Waals surface area contributed by atoms with Gasteiger partial charge in [0.1, 0.15) is 5.76 Å². The molecule has 1 N–H and O–H groups in total. The van der Waals surface area contributed by atoms with E-state index in [1.54, 1.807) is 30.9 Å². The van der Waals surface area contributed by atoms with E-state index in [-0.39, 0.29) is 24.8 Å². The predicted octanol–water partition coefficient (Wildman–Crippen LogP) is 1.36. The third-order valence-electron chi connectivity index (χ3n) is 2.60. The third-order valence-corrected chi connectivity index (χ3v) is 2.60. The van der Waals surface area contributed by atoms with Crippen LogP contribution in [0.1, 0.15) is 19.1 Å². The molecule has 0 aromatic carbocycles. The highest BCUT2D eigenvalue weighted by atomic mass is 16.5. The van der Waals surface area contributed by atoms with E-state index < -0.39 is 0 Å². The molecule has 0 atom stereocenters. The maximum atomic E-state index is 11.8. The Hall–Kier alpha value is -2.15. The number of aryl methyl sites for hydroxylation is 1. The van der Waals surface area contributed by atoms with Crippen LogP contribution in [0, 0.1) is 6.92 Å². The predicted molar refractivity (Wildman–Crippen MR) is 77.8 cm³/mol. The quantitative estimate of drug-likeness (QED) is 0.547. The van der Waals surface area contributed by atoms with E-state index >= 15 is 0 Å². The molecule has 0 aliphatic rings. The molecule has 0 saturated heterocycles. The lowest BCUT2D eigenvalue weighted by Crippen LogP contribution is -2.33. The van der Waals surface area contributed by atoms with Crippen molar-refractivity contribution in [2.24, 2.45) is 0 Å². The molecule has 0 fully saturated rings. The van der Waals surface area contributed by atoms with Gasteiger partial charge in [-0.3, -0.25) is 14.5 Å². The molecule has 116 valence electrons. The Labute approximate surface area is 123 Å². The number of carbonyl (C=O) groups is 2. The van der Waals surface area contributed by atoms with E-state index in [9.17, 15) is 9.59 Å². The first-order chi connectivity index (χ1) is 10.0. The number of esters is 1. The molecule has 1 rings (SSSR count). The van der Waals surface area contributed by atoms with Crippen LogP contribution in [0.3, 0.4) is 0 Å². The second kappa shape index (κ2) is 8.91. The number of nitrogens with one attached hydrogen (secondary N) is 1. The second-order valence-electron chi connectivity index (χ2n) is 4.45. The smallest absolute Gasteiger partial charge is 0.320 e. The van der Waals surface area contributed by atoms with Crippen LogP contribution >= 0.6 is 0 Å². The molecule has 0 aliphatic heterocycles. The van der Waals surface area contributed by atoms with Crippen LogP contribution in [-0.4, -0.2) is 48.2 Å². The van der Waals surface area contributed by atoms with Crippen molar-refractivity contribution in [3.8, 4) is 0 Å². The second-order valence-corrected chi connectivity index (χ2v) is 4.45. The summed E-state index contributed by atoms with van der Waals surface area (Å²) < 4.78 is 9.75. The molecule has 0 saturated carbocycles. The van der Waals surface area contributed by atoms with Crippen molar-refractivity contribution < 1.29 is 18.8 Å². The van der Waals surface area contributed by atoms with Gasteiger partial charge in [0, 0.05) is 25.6 Å². The average Bonchev–Trinajstić information content (AvgIpc) is 2.82. The molecule has 1 amide bonds. The fourth-order valence-electron chi connectivity index (χ4n) is 1.70. The van der Waals surface area contributed by atoms with E-state index in [2.05, 4.69) is 17.1 Å². The summed E-state index contributed by atoms with van der Waals surface area (Å²) in [5.74, 6) is 0.507. The number of carbonyl (C=O) groups excluding carboxylic acids is 2. The summed E-state index contributed by atoms with van der Waals surface area (Å²) in [6.07, 6.45) is 1.91. The molecule has 7 nitrogen and oxygen atoms in total. The number of anilines is 1. The summed E-state index contributed by atoms with van der Waals surface area (Å²) in [6, 6.07) is 1.64. The lowest BCUT2D eigenvalue weighted by atomic mass is 10.3. The van der Waals surface area contributed by atoms with Crippen LogP contribution in [0.2, 0.25) is 0 Å². The number of aromatic nitrogens is 1. The molecule has 0 radical (unpaired) electrons. The van der Waals surface area contributed by atoms with Gasteiger partial charge in [-0.25, -0.2) is 0 Å². The Bertz CT molecular complexity index is 484. The lowest BCUT2D eigenvalue weighted by Gasteiger charge is -2.18. The minimum absolute atomic E-state index is 0.135. The van der Waals surface area contributed by atoms with E-state index in [4.69, 9.17) is 9.26 Å². The van der Waals surface area contributed by atoms with Gasteiger partial charge in [0.2, 0.25) is 5.91 Å². The first kappa shape index (κ1) is 16.9. The lowest BCUT2D eigenvalue weighted by molar-refractivity contribution is -0.144. The highest BCUT2D eigenvalue weighted by molar-refractivity contribution is 5.89. The van der Waals surface area contributed by atoms with Crippen LogP contribution in [0.25, 0.3) is 0 Å². The fourth-order valence-corrected chi connectivity index (χ4v) is 1.70. The zero-order valence-electron chi connectivity index (χ0n) is 12.4. The number of rotatable bonds is 9. The zero-order chi connectivity index (χ0) is 15.7. The van der Waals surface area contributed by atoms with Gasteiger partial charge in [-0.15, -0.1) is 6.58 Å². The molecule has 0 spiro atoms. The molecular weight excluding hydrogens is 274 g/mol. The first-order valence-corrected chi connectivity index (χ1v) is 6.77. The minimum atomic E-state index is -0.313. The monoisotopic (exact) mass is 295 g/mol.